The third-order valence-corrected chi connectivity index (χ3v) is 5.81. The third-order valence-electron chi connectivity index (χ3n) is 5.81. The molecule has 2 aliphatic heterocycles. The van der Waals surface area contributed by atoms with Gasteiger partial charge in [0.2, 0.25) is 0 Å². The molecular weight excluding hydrogens is 358 g/mol. The summed E-state index contributed by atoms with van der Waals surface area (Å²) in [6.45, 7) is 2.96. The van der Waals surface area contributed by atoms with Crippen LogP contribution in [-0.4, -0.2) is 29.6 Å². The number of piperidine rings is 1. The second-order valence-electron chi connectivity index (χ2n) is 7.82. The number of nitrogens with zero attached hydrogens (tertiary/aromatic N) is 2. The molecule has 1 N–H and O–H groups in total. The SMILES string of the molecule is c1ccc(CN2CCC3(CC2)N=C(c2ccc(-c4ccccc4)cc2)NO3)cc1. The van der Waals surface area contributed by atoms with Crippen LogP contribution < -0.4 is 5.48 Å². The van der Waals surface area contributed by atoms with Gasteiger partial charge in [-0.25, -0.2) is 15.3 Å². The summed E-state index contributed by atoms with van der Waals surface area (Å²) >= 11 is 0. The summed E-state index contributed by atoms with van der Waals surface area (Å²) in [4.78, 5) is 13.4. The fourth-order valence-electron chi connectivity index (χ4n) is 4.08. The molecule has 0 amide bonds. The topological polar surface area (TPSA) is 36.9 Å². The van der Waals surface area contributed by atoms with Crippen LogP contribution in [0.4, 0.5) is 0 Å². The first-order valence-electron chi connectivity index (χ1n) is 10.3. The normalized spacial score (nSPS) is 18.4. The lowest BCUT2D eigenvalue weighted by molar-refractivity contribution is -0.0901. The summed E-state index contributed by atoms with van der Waals surface area (Å²) in [6.07, 6.45) is 1.80. The Morgan fingerprint density at radius 2 is 1.34 bits per heavy atom. The number of benzene rings is 3. The minimum atomic E-state index is -0.430. The highest BCUT2D eigenvalue weighted by molar-refractivity contribution is 5.99. The van der Waals surface area contributed by atoms with Crippen molar-refractivity contribution in [3.63, 3.8) is 0 Å². The number of amidine groups is 1. The van der Waals surface area contributed by atoms with Gasteiger partial charge in [0.25, 0.3) is 0 Å². The molecule has 5 rings (SSSR count). The van der Waals surface area contributed by atoms with Crippen molar-refractivity contribution in [3.05, 3.63) is 96.1 Å². The molecule has 0 radical (unpaired) electrons. The van der Waals surface area contributed by atoms with E-state index in [0.717, 1.165) is 43.9 Å². The smallest absolute Gasteiger partial charge is 0.190 e. The van der Waals surface area contributed by atoms with Crippen LogP contribution in [0.2, 0.25) is 0 Å². The first-order chi connectivity index (χ1) is 14.3. The molecule has 0 aromatic heterocycles. The molecule has 4 nitrogen and oxygen atoms in total. The molecule has 1 saturated heterocycles. The molecule has 1 spiro atoms. The summed E-state index contributed by atoms with van der Waals surface area (Å²) in [5.41, 5.74) is 7.51. The molecule has 1 fully saturated rings. The fourth-order valence-corrected chi connectivity index (χ4v) is 4.08. The summed E-state index contributed by atoms with van der Waals surface area (Å²) < 4.78 is 0. The zero-order valence-electron chi connectivity index (χ0n) is 16.4. The lowest BCUT2D eigenvalue weighted by atomic mass is 10.00. The average Bonchev–Trinajstić information content (AvgIpc) is 3.21. The van der Waals surface area contributed by atoms with Crippen LogP contribution in [0.1, 0.15) is 24.0 Å². The van der Waals surface area contributed by atoms with Gasteiger partial charge in [0, 0.05) is 38.0 Å². The highest BCUT2D eigenvalue weighted by Gasteiger charge is 2.40. The molecule has 2 aliphatic rings. The average molecular weight is 383 g/mol. The van der Waals surface area contributed by atoms with E-state index < -0.39 is 5.72 Å². The fraction of sp³-hybridized carbons (Fsp3) is 0.240. The first kappa shape index (κ1) is 18.1. The second kappa shape index (κ2) is 7.82. The number of likely N-dealkylation sites (tertiary alicyclic amines) is 1. The van der Waals surface area contributed by atoms with Gasteiger partial charge in [-0.3, -0.25) is 4.90 Å². The molecule has 146 valence electrons. The molecule has 3 aromatic rings. The van der Waals surface area contributed by atoms with Crippen molar-refractivity contribution in [1.29, 1.82) is 0 Å². The van der Waals surface area contributed by atoms with Crippen LogP contribution in [-0.2, 0) is 11.4 Å². The maximum atomic E-state index is 5.98. The van der Waals surface area contributed by atoms with Gasteiger partial charge < -0.3 is 0 Å². The zero-order chi connectivity index (χ0) is 19.5. The van der Waals surface area contributed by atoms with Gasteiger partial charge >= 0.3 is 0 Å². The number of hydrogen-bond donors (Lipinski definition) is 1. The van der Waals surface area contributed by atoms with E-state index in [9.17, 15) is 0 Å². The van der Waals surface area contributed by atoms with Gasteiger partial charge in [0.15, 0.2) is 11.6 Å². The quantitative estimate of drug-likeness (QED) is 0.714. The molecule has 2 heterocycles. The van der Waals surface area contributed by atoms with E-state index in [2.05, 4.69) is 89.2 Å². The van der Waals surface area contributed by atoms with Gasteiger partial charge in [0.1, 0.15) is 0 Å². The molecule has 29 heavy (non-hydrogen) atoms. The van der Waals surface area contributed by atoms with Gasteiger partial charge in [-0.2, -0.15) is 0 Å². The monoisotopic (exact) mass is 383 g/mol. The Bertz CT molecular complexity index is 976. The summed E-state index contributed by atoms with van der Waals surface area (Å²) in [5, 5.41) is 0. The highest BCUT2D eigenvalue weighted by Crippen LogP contribution is 2.32. The van der Waals surface area contributed by atoms with Crippen molar-refractivity contribution in [2.45, 2.75) is 25.1 Å². The minimum absolute atomic E-state index is 0.430. The Hall–Kier alpha value is -2.95. The largest absolute Gasteiger partial charge is 0.299 e. The summed E-state index contributed by atoms with van der Waals surface area (Å²) in [7, 11) is 0. The number of rotatable bonds is 4. The Balaban J connectivity index is 1.25. The second-order valence-corrected chi connectivity index (χ2v) is 7.82. The van der Waals surface area contributed by atoms with Crippen LogP contribution in [0.3, 0.4) is 0 Å². The number of nitrogens with one attached hydrogen (secondary N) is 1. The third kappa shape index (κ3) is 3.95. The van der Waals surface area contributed by atoms with E-state index in [1.807, 2.05) is 6.07 Å². The molecule has 0 bridgehead atoms. The van der Waals surface area contributed by atoms with E-state index in [-0.39, 0.29) is 0 Å². The lowest BCUT2D eigenvalue weighted by Gasteiger charge is -2.35. The Labute approximate surface area is 171 Å². The Kier molecular flexibility index (Phi) is 4.88. The maximum Gasteiger partial charge on any atom is 0.190 e. The van der Waals surface area contributed by atoms with Gasteiger partial charge in [0.05, 0.1) is 0 Å². The van der Waals surface area contributed by atoms with Gasteiger partial charge in [-0.15, -0.1) is 0 Å². The standard InChI is InChI=1S/C25H25N3O/c1-3-7-20(8-4-1)19-28-17-15-25(16-18-28)26-24(27-29-25)23-13-11-22(12-14-23)21-9-5-2-6-10-21/h1-14H,15-19H2,(H,26,27). The Morgan fingerprint density at radius 3 is 2.03 bits per heavy atom. The Morgan fingerprint density at radius 1 is 0.759 bits per heavy atom. The van der Waals surface area contributed by atoms with Crippen LogP contribution in [0, 0.1) is 0 Å². The lowest BCUT2D eigenvalue weighted by Crippen LogP contribution is -2.44. The molecule has 0 saturated carbocycles. The van der Waals surface area contributed by atoms with E-state index in [1.54, 1.807) is 0 Å². The molecule has 0 unspecified atom stereocenters. The van der Waals surface area contributed by atoms with Crippen molar-refractivity contribution < 1.29 is 4.84 Å². The van der Waals surface area contributed by atoms with E-state index >= 15 is 0 Å². The van der Waals surface area contributed by atoms with Crippen molar-refractivity contribution in [3.8, 4) is 11.1 Å². The van der Waals surface area contributed by atoms with Crippen LogP contribution in [0.5, 0.6) is 0 Å². The van der Waals surface area contributed by atoms with Crippen molar-refractivity contribution in [2.75, 3.05) is 13.1 Å². The van der Waals surface area contributed by atoms with Crippen LogP contribution in [0.15, 0.2) is 89.9 Å². The summed E-state index contributed by atoms with van der Waals surface area (Å²) in [5.74, 6) is 0.834. The predicted octanol–water partition coefficient (Wildman–Crippen LogP) is 4.63. The molecule has 0 atom stereocenters. The van der Waals surface area contributed by atoms with Crippen LogP contribution in [0.25, 0.3) is 11.1 Å². The van der Waals surface area contributed by atoms with E-state index in [1.165, 1.54) is 16.7 Å². The zero-order valence-corrected chi connectivity index (χ0v) is 16.4. The number of aliphatic imine (C=N–C) groups is 1. The van der Waals surface area contributed by atoms with Crippen molar-refractivity contribution in [2.24, 2.45) is 4.99 Å². The first-order valence-corrected chi connectivity index (χ1v) is 10.3. The van der Waals surface area contributed by atoms with E-state index in [4.69, 9.17) is 9.83 Å². The highest BCUT2D eigenvalue weighted by atomic mass is 16.7. The molecule has 0 aliphatic carbocycles. The summed E-state index contributed by atoms with van der Waals surface area (Å²) in [6, 6.07) is 29.6. The number of hydrogen-bond acceptors (Lipinski definition) is 4. The molecule has 4 heteroatoms. The maximum absolute atomic E-state index is 5.98. The molecule has 3 aromatic carbocycles. The van der Waals surface area contributed by atoms with Crippen LogP contribution >= 0.6 is 0 Å². The van der Waals surface area contributed by atoms with Gasteiger partial charge in [-0.1, -0.05) is 84.9 Å². The minimum Gasteiger partial charge on any atom is -0.299 e. The predicted molar refractivity (Wildman–Crippen MR) is 116 cm³/mol. The molecular formula is C25H25N3O. The van der Waals surface area contributed by atoms with Gasteiger partial charge in [-0.05, 0) is 16.7 Å². The number of hydroxylamine groups is 1. The van der Waals surface area contributed by atoms with E-state index in [0.29, 0.717) is 0 Å². The van der Waals surface area contributed by atoms with Crippen molar-refractivity contribution >= 4 is 5.84 Å². The van der Waals surface area contributed by atoms with Crippen molar-refractivity contribution in [1.82, 2.24) is 10.4 Å².